The van der Waals surface area contributed by atoms with Crippen LogP contribution in [0.2, 0.25) is 0 Å². The molecule has 6 rings (SSSR count). The van der Waals surface area contributed by atoms with Gasteiger partial charge in [-0.3, -0.25) is 14.9 Å². The Hall–Kier alpha value is -2.99. The van der Waals surface area contributed by atoms with Crippen LogP contribution in [0.3, 0.4) is 0 Å². The number of benzene rings is 2. The summed E-state index contributed by atoms with van der Waals surface area (Å²) in [6, 6.07) is 15.9. The molecule has 0 bridgehead atoms. The second-order valence-electron chi connectivity index (χ2n) is 9.22. The lowest BCUT2D eigenvalue weighted by atomic mass is 9.49. The van der Waals surface area contributed by atoms with Gasteiger partial charge in [-0.15, -0.1) is 0 Å². The maximum Gasteiger partial charge on any atom is 0.272 e. The monoisotopic (exact) mass is 400 g/mol. The number of aromatic amines is 1. The van der Waals surface area contributed by atoms with Crippen LogP contribution in [0.25, 0.3) is 10.8 Å². The van der Waals surface area contributed by atoms with Crippen LogP contribution >= 0.6 is 0 Å². The first-order valence-electron chi connectivity index (χ1n) is 10.7. The van der Waals surface area contributed by atoms with Gasteiger partial charge in [-0.05, 0) is 48.3 Å². The highest BCUT2D eigenvalue weighted by Gasteiger charge is 2.54. The zero-order valence-corrected chi connectivity index (χ0v) is 16.7. The van der Waals surface area contributed by atoms with Crippen molar-refractivity contribution in [1.82, 2.24) is 20.8 Å². The van der Waals surface area contributed by atoms with Gasteiger partial charge in [0, 0.05) is 23.9 Å². The summed E-state index contributed by atoms with van der Waals surface area (Å²) in [4.78, 5) is 24.8. The molecule has 1 amide bonds. The number of nitrogens with one attached hydrogen (secondary N) is 3. The summed E-state index contributed by atoms with van der Waals surface area (Å²) in [5.74, 6) is 0.468. The Balaban J connectivity index is 1.09. The van der Waals surface area contributed by atoms with Crippen LogP contribution in [0.15, 0.2) is 53.3 Å². The van der Waals surface area contributed by atoms with Gasteiger partial charge in [0.15, 0.2) is 0 Å². The number of carbonyl (C=O) groups is 1. The molecule has 3 aromatic rings. The number of carbonyl (C=O) groups excluding carboxylic acids is 1. The van der Waals surface area contributed by atoms with Gasteiger partial charge in [0.25, 0.3) is 5.56 Å². The fourth-order valence-corrected chi connectivity index (χ4v) is 5.86. The summed E-state index contributed by atoms with van der Waals surface area (Å²) < 4.78 is 0. The van der Waals surface area contributed by atoms with Gasteiger partial charge >= 0.3 is 0 Å². The van der Waals surface area contributed by atoms with Crippen LogP contribution in [0.1, 0.15) is 54.5 Å². The van der Waals surface area contributed by atoms with Gasteiger partial charge < -0.3 is 5.32 Å². The summed E-state index contributed by atoms with van der Waals surface area (Å²) in [5.41, 5.74) is 3.52. The quantitative estimate of drug-likeness (QED) is 0.631. The van der Waals surface area contributed by atoms with E-state index in [2.05, 4.69) is 26.9 Å². The number of rotatable bonds is 3. The molecule has 6 nitrogen and oxygen atoms in total. The molecule has 0 radical (unpaired) electrons. The molecule has 152 valence electrons. The Morgan fingerprint density at radius 1 is 1.00 bits per heavy atom. The van der Waals surface area contributed by atoms with Crippen LogP contribution in [-0.2, 0) is 11.3 Å². The van der Waals surface area contributed by atoms with Gasteiger partial charge in [-0.1, -0.05) is 42.5 Å². The van der Waals surface area contributed by atoms with Crippen molar-refractivity contribution in [1.29, 1.82) is 0 Å². The van der Waals surface area contributed by atoms with Crippen LogP contribution in [0, 0.1) is 5.41 Å². The minimum atomic E-state index is -0.233. The smallest absolute Gasteiger partial charge is 0.272 e. The fraction of sp³-hybridized carbons (Fsp3) is 0.375. The van der Waals surface area contributed by atoms with Crippen molar-refractivity contribution in [2.24, 2.45) is 5.41 Å². The molecule has 2 saturated carbocycles. The zero-order valence-electron chi connectivity index (χ0n) is 16.7. The summed E-state index contributed by atoms with van der Waals surface area (Å²) in [6.45, 7) is 0.755. The van der Waals surface area contributed by atoms with Crippen molar-refractivity contribution in [2.75, 3.05) is 0 Å². The molecule has 1 aromatic heterocycles. The minimum Gasteiger partial charge on any atom is -0.352 e. The number of hydrogen-bond acceptors (Lipinski definition) is 4. The molecule has 0 saturated heterocycles. The summed E-state index contributed by atoms with van der Waals surface area (Å²) >= 11 is 0. The molecular weight excluding hydrogens is 376 g/mol. The standard InChI is InChI=1S/C24H24N4O2/c29-22-19-8-4-3-7-18(19)20(27-28-22)15-9-24(10-15)11-16(12-24)26-23(30)21-17-6-2-1-5-14(17)13-25-21/h1-8,15-16,21,25H,9-13H2,(H,26,30)(H,28,29). The molecular formula is C24H24N4O2. The van der Waals surface area contributed by atoms with Crippen molar-refractivity contribution in [2.45, 2.75) is 50.2 Å². The molecule has 3 N–H and O–H groups in total. The molecule has 6 heteroatoms. The van der Waals surface area contributed by atoms with Crippen molar-refractivity contribution in [3.63, 3.8) is 0 Å². The third-order valence-electron chi connectivity index (χ3n) is 7.30. The van der Waals surface area contributed by atoms with Gasteiger partial charge in [0.05, 0.1) is 11.1 Å². The van der Waals surface area contributed by atoms with Gasteiger partial charge in [-0.25, -0.2) is 5.10 Å². The SMILES string of the molecule is O=C(NC1CC2(C1)CC(c1n[nH]c(=O)c3ccccc13)C2)C1NCc2ccccc21. The van der Waals surface area contributed by atoms with Gasteiger partial charge in [-0.2, -0.15) is 5.10 Å². The summed E-state index contributed by atoms with van der Waals surface area (Å²) in [6.07, 6.45) is 4.22. The maximum atomic E-state index is 12.8. The molecule has 1 unspecified atom stereocenters. The van der Waals surface area contributed by atoms with Crippen molar-refractivity contribution in [3.05, 3.63) is 75.7 Å². The van der Waals surface area contributed by atoms with E-state index in [1.54, 1.807) is 0 Å². The first-order valence-corrected chi connectivity index (χ1v) is 10.7. The Morgan fingerprint density at radius 3 is 2.57 bits per heavy atom. The average molecular weight is 400 g/mol. The lowest BCUT2D eigenvalue weighted by molar-refractivity contribution is -0.126. The Morgan fingerprint density at radius 2 is 1.73 bits per heavy atom. The normalized spacial score (nSPS) is 29.3. The van der Waals surface area contributed by atoms with E-state index in [4.69, 9.17) is 0 Å². The number of aromatic nitrogens is 2. The molecule has 1 atom stereocenters. The van der Waals surface area contributed by atoms with Crippen LogP contribution in [0.4, 0.5) is 0 Å². The maximum absolute atomic E-state index is 12.8. The Labute approximate surface area is 174 Å². The first-order chi connectivity index (χ1) is 14.6. The molecule has 2 heterocycles. The van der Waals surface area contributed by atoms with Crippen LogP contribution < -0.4 is 16.2 Å². The van der Waals surface area contributed by atoms with E-state index >= 15 is 0 Å². The first kappa shape index (κ1) is 17.8. The minimum absolute atomic E-state index is 0.0870. The second kappa shape index (κ2) is 6.51. The van der Waals surface area contributed by atoms with Gasteiger partial charge in [0.2, 0.25) is 5.91 Å². The van der Waals surface area contributed by atoms with Crippen LogP contribution in [0.5, 0.6) is 0 Å². The highest BCUT2D eigenvalue weighted by Crippen LogP contribution is 2.62. The van der Waals surface area contributed by atoms with E-state index < -0.39 is 0 Å². The summed E-state index contributed by atoms with van der Waals surface area (Å²) in [5, 5.41) is 15.3. The number of hydrogen-bond donors (Lipinski definition) is 3. The van der Waals surface area contributed by atoms with E-state index in [1.807, 2.05) is 42.5 Å². The van der Waals surface area contributed by atoms with E-state index in [0.717, 1.165) is 48.9 Å². The third kappa shape index (κ3) is 2.70. The second-order valence-corrected chi connectivity index (χ2v) is 9.22. The van der Waals surface area contributed by atoms with Crippen molar-refractivity contribution in [3.8, 4) is 0 Å². The lowest BCUT2D eigenvalue weighted by Gasteiger charge is -2.57. The zero-order chi connectivity index (χ0) is 20.3. The average Bonchev–Trinajstić information content (AvgIpc) is 3.14. The van der Waals surface area contributed by atoms with Crippen molar-refractivity contribution < 1.29 is 4.79 Å². The number of nitrogens with zero attached hydrogens (tertiary/aromatic N) is 1. The molecule has 2 fully saturated rings. The molecule has 30 heavy (non-hydrogen) atoms. The van der Waals surface area contributed by atoms with Crippen molar-refractivity contribution >= 4 is 16.7 Å². The number of fused-ring (bicyclic) bond motifs is 2. The number of H-pyrrole nitrogens is 1. The van der Waals surface area contributed by atoms with Gasteiger partial charge in [0.1, 0.15) is 6.04 Å². The third-order valence-corrected chi connectivity index (χ3v) is 7.30. The highest BCUT2D eigenvalue weighted by atomic mass is 16.2. The van der Waals surface area contributed by atoms with E-state index in [0.29, 0.717) is 16.7 Å². The number of amides is 1. The van der Waals surface area contributed by atoms with E-state index in [1.165, 1.54) is 5.56 Å². The topological polar surface area (TPSA) is 86.9 Å². The predicted octanol–water partition coefficient (Wildman–Crippen LogP) is 2.91. The largest absolute Gasteiger partial charge is 0.352 e. The van der Waals surface area contributed by atoms with E-state index in [-0.39, 0.29) is 23.6 Å². The predicted molar refractivity (Wildman–Crippen MR) is 114 cm³/mol. The van der Waals surface area contributed by atoms with Crippen LogP contribution in [-0.4, -0.2) is 22.1 Å². The summed E-state index contributed by atoms with van der Waals surface area (Å²) in [7, 11) is 0. The fourth-order valence-electron chi connectivity index (χ4n) is 5.86. The molecule has 3 aliphatic rings. The molecule has 1 aliphatic heterocycles. The van der Waals surface area contributed by atoms with E-state index in [9.17, 15) is 9.59 Å². The highest BCUT2D eigenvalue weighted by molar-refractivity contribution is 5.85. The Bertz CT molecular complexity index is 1200. The Kier molecular flexibility index (Phi) is 3.87. The lowest BCUT2D eigenvalue weighted by Crippen LogP contribution is -2.56. The molecule has 1 spiro atoms. The molecule has 2 aliphatic carbocycles. The molecule has 2 aromatic carbocycles.